The van der Waals surface area contributed by atoms with E-state index < -0.39 is 0 Å². The van der Waals surface area contributed by atoms with Gasteiger partial charge in [-0.05, 0) is 37.3 Å². The van der Waals surface area contributed by atoms with E-state index in [1.807, 2.05) is 36.5 Å². The Hall–Kier alpha value is -1.90. The van der Waals surface area contributed by atoms with Crippen LogP contribution < -0.4 is 0 Å². The normalized spacial score (nSPS) is 16.0. The summed E-state index contributed by atoms with van der Waals surface area (Å²) in [5.41, 5.74) is 4.89. The van der Waals surface area contributed by atoms with E-state index in [0.29, 0.717) is 0 Å². The monoisotopic (exact) mass is 239 g/mol. The quantitative estimate of drug-likeness (QED) is 0.822. The fourth-order valence-corrected chi connectivity index (χ4v) is 2.18. The lowest BCUT2D eigenvalue weighted by atomic mass is 10.1. The summed E-state index contributed by atoms with van der Waals surface area (Å²) in [6, 6.07) is 2.18. The van der Waals surface area contributed by atoms with Crippen molar-refractivity contribution in [2.75, 3.05) is 0 Å². The number of rotatable bonds is 3. The van der Waals surface area contributed by atoms with E-state index in [4.69, 9.17) is 0 Å². The molecule has 92 valence electrons. The van der Waals surface area contributed by atoms with Crippen molar-refractivity contribution >= 4 is 6.08 Å². The molecule has 1 fully saturated rings. The van der Waals surface area contributed by atoms with E-state index in [9.17, 15) is 0 Å². The number of nitrogens with zero attached hydrogens (tertiary/aromatic N) is 3. The molecule has 3 heteroatoms. The molecule has 0 aromatic carbocycles. The van der Waals surface area contributed by atoms with E-state index in [0.717, 1.165) is 17.0 Å². The maximum Gasteiger partial charge on any atom is 0.0568 e. The third kappa shape index (κ3) is 2.35. The van der Waals surface area contributed by atoms with Crippen molar-refractivity contribution in [1.82, 2.24) is 14.8 Å². The highest BCUT2D eigenvalue weighted by atomic mass is 15.2. The first kappa shape index (κ1) is 11.2. The molecule has 2 heterocycles. The summed E-state index contributed by atoms with van der Waals surface area (Å²) >= 11 is 0. The van der Waals surface area contributed by atoms with Crippen LogP contribution in [0.4, 0.5) is 0 Å². The molecule has 3 rings (SSSR count). The van der Waals surface area contributed by atoms with Gasteiger partial charge in [-0.15, -0.1) is 0 Å². The van der Waals surface area contributed by atoms with Crippen LogP contribution in [0.25, 0.3) is 17.2 Å². The Labute approximate surface area is 107 Å². The van der Waals surface area contributed by atoms with Gasteiger partial charge in [0.25, 0.3) is 0 Å². The molecule has 2 aromatic rings. The Morgan fingerprint density at radius 2 is 2.11 bits per heavy atom. The zero-order valence-electron chi connectivity index (χ0n) is 10.8. The largest absolute Gasteiger partial charge is 0.275 e. The summed E-state index contributed by atoms with van der Waals surface area (Å²) in [7, 11) is 1.93. The highest BCUT2D eigenvalue weighted by Crippen LogP contribution is 2.37. The lowest BCUT2D eigenvalue weighted by molar-refractivity contribution is 0.768. The second kappa shape index (κ2) is 4.41. The molecule has 0 amide bonds. The van der Waals surface area contributed by atoms with Crippen molar-refractivity contribution in [1.29, 1.82) is 0 Å². The fourth-order valence-electron chi connectivity index (χ4n) is 2.18. The maximum atomic E-state index is 4.32. The Morgan fingerprint density at radius 1 is 1.28 bits per heavy atom. The Kier molecular flexibility index (Phi) is 2.74. The summed E-state index contributed by atoms with van der Waals surface area (Å²) in [6.45, 7) is 2.22. The standard InChI is InChI=1S/C15H17N3/c1-11(13-3-4-13)5-12-6-14(8-16-7-12)15-9-17-18(2)10-15/h5-10,13H,3-4H2,1-2H3/b11-5+. The fraction of sp³-hybridized carbons (Fsp3) is 0.333. The van der Waals surface area contributed by atoms with E-state index in [1.54, 1.807) is 0 Å². The van der Waals surface area contributed by atoms with Crippen molar-refractivity contribution < 1.29 is 0 Å². The van der Waals surface area contributed by atoms with Crippen molar-refractivity contribution in [2.24, 2.45) is 13.0 Å². The molecule has 3 nitrogen and oxygen atoms in total. The second-order valence-corrected chi connectivity index (χ2v) is 5.07. The van der Waals surface area contributed by atoms with Crippen LogP contribution in [-0.4, -0.2) is 14.8 Å². The zero-order chi connectivity index (χ0) is 12.5. The molecule has 2 aromatic heterocycles. The van der Waals surface area contributed by atoms with Crippen LogP contribution >= 0.6 is 0 Å². The van der Waals surface area contributed by atoms with Crippen LogP contribution in [0, 0.1) is 5.92 Å². The molecule has 1 saturated carbocycles. The van der Waals surface area contributed by atoms with Crippen LogP contribution in [-0.2, 0) is 7.05 Å². The molecule has 0 N–H and O–H groups in total. The van der Waals surface area contributed by atoms with Gasteiger partial charge in [-0.25, -0.2) is 0 Å². The summed E-state index contributed by atoms with van der Waals surface area (Å²) in [5, 5.41) is 4.20. The third-order valence-electron chi connectivity index (χ3n) is 3.41. The van der Waals surface area contributed by atoms with Gasteiger partial charge in [0.1, 0.15) is 0 Å². The predicted octanol–water partition coefficient (Wildman–Crippen LogP) is 3.30. The average Bonchev–Trinajstić information content (AvgIpc) is 3.12. The molecule has 0 radical (unpaired) electrons. The Balaban J connectivity index is 1.91. The van der Waals surface area contributed by atoms with Crippen molar-refractivity contribution in [3.8, 4) is 11.1 Å². The summed E-state index contributed by atoms with van der Waals surface area (Å²) in [4.78, 5) is 4.32. The minimum atomic E-state index is 0.812. The van der Waals surface area contributed by atoms with E-state index in [2.05, 4.69) is 29.1 Å². The predicted molar refractivity (Wildman–Crippen MR) is 72.8 cm³/mol. The summed E-state index contributed by atoms with van der Waals surface area (Å²) in [5.74, 6) is 0.812. The topological polar surface area (TPSA) is 30.7 Å². The molecule has 1 aliphatic rings. The van der Waals surface area contributed by atoms with E-state index in [1.165, 1.54) is 24.0 Å². The average molecular weight is 239 g/mol. The van der Waals surface area contributed by atoms with Gasteiger partial charge >= 0.3 is 0 Å². The number of allylic oxidation sites excluding steroid dienone is 1. The summed E-state index contributed by atoms with van der Waals surface area (Å²) < 4.78 is 1.81. The molecule has 0 saturated heterocycles. The van der Waals surface area contributed by atoms with Crippen molar-refractivity contribution in [3.05, 3.63) is 42.0 Å². The molecule has 0 bridgehead atoms. The Bertz CT molecular complexity index is 591. The number of aryl methyl sites for hydroxylation is 1. The first-order chi connectivity index (χ1) is 8.72. The second-order valence-electron chi connectivity index (χ2n) is 5.07. The number of hydrogen-bond acceptors (Lipinski definition) is 2. The van der Waals surface area contributed by atoms with Crippen LogP contribution in [0.2, 0.25) is 0 Å². The first-order valence-electron chi connectivity index (χ1n) is 6.34. The van der Waals surface area contributed by atoms with Gasteiger partial charge in [0.05, 0.1) is 6.20 Å². The molecule has 0 atom stereocenters. The maximum absolute atomic E-state index is 4.32. The Morgan fingerprint density at radius 3 is 2.78 bits per heavy atom. The molecule has 18 heavy (non-hydrogen) atoms. The highest BCUT2D eigenvalue weighted by molar-refractivity contribution is 5.65. The molecule has 0 unspecified atom stereocenters. The van der Waals surface area contributed by atoms with Gasteiger partial charge in [-0.1, -0.05) is 11.6 Å². The van der Waals surface area contributed by atoms with Gasteiger partial charge in [-0.2, -0.15) is 5.10 Å². The highest BCUT2D eigenvalue weighted by Gasteiger charge is 2.22. The zero-order valence-corrected chi connectivity index (χ0v) is 10.8. The summed E-state index contributed by atoms with van der Waals surface area (Å²) in [6.07, 6.45) is 12.6. The number of hydrogen-bond donors (Lipinski definition) is 0. The van der Waals surface area contributed by atoms with E-state index >= 15 is 0 Å². The minimum Gasteiger partial charge on any atom is -0.275 e. The van der Waals surface area contributed by atoms with Crippen LogP contribution in [0.15, 0.2) is 36.4 Å². The van der Waals surface area contributed by atoms with Gasteiger partial charge in [0.15, 0.2) is 0 Å². The van der Waals surface area contributed by atoms with Gasteiger partial charge in [0.2, 0.25) is 0 Å². The number of aromatic nitrogens is 3. The van der Waals surface area contributed by atoms with Gasteiger partial charge < -0.3 is 0 Å². The third-order valence-corrected chi connectivity index (χ3v) is 3.41. The molecular weight excluding hydrogens is 222 g/mol. The SMILES string of the molecule is C/C(=C\c1cncc(-c2cnn(C)c2)c1)C1CC1. The smallest absolute Gasteiger partial charge is 0.0568 e. The van der Waals surface area contributed by atoms with E-state index in [-0.39, 0.29) is 0 Å². The minimum absolute atomic E-state index is 0.812. The van der Waals surface area contributed by atoms with Crippen molar-refractivity contribution in [3.63, 3.8) is 0 Å². The van der Waals surface area contributed by atoms with Crippen LogP contribution in [0.3, 0.4) is 0 Å². The molecule has 0 aliphatic heterocycles. The lowest BCUT2D eigenvalue weighted by Crippen LogP contribution is -1.85. The molecule has 1 aliphatic carbocycles. The van der Waals surface area contributed by atoms with Gasteiger partial charge in [-0.3, -0.25) is 9.67 Å². The van der Waals surface area contributed by atoms with Crippen LogP contribution in [0.1, 0.15) is 25.3 Å². The van der Waals surface area contributed by atoms with Crippen molar-refractivity contribution in [2.45, 2.75) is 19.8 Å². The lowest BCUT2D eigenvalue weighted by Gasteiger charge is -2.01. The molecule has 0 spiro atoms. The first-order valence-corrected chi connectivity index (χ1v) is 6.34. The molecular formula is C15H17N3. The van der Waals surface area contributed by atoms with Crippen LogP contribution in [0.5, 0.6) is 0 Å². The van der Waals surface area contributed by atoms with Gasteiger partial charge in [0, 0.05) is 36.8 Å². The number of pyridine rings is 1.